The summed E-state index contributed by atoms with van der Waals surface area (Å²) in [5, 5.41) is 2.31. The summed E-state index contributed by atoms with van der Waals surface area (Å²) >= 11 is 0. The minimum atomic E-state index is -4.60. The molecule has 2 heterocycles. The summed E-state index contributed by atoms with van der Waals surface area (Å²) in [6.45, 7) is -0.152. The van der Waals surface area contributed by atoms with E-state index < -0.39 is 65.7 Å². The molecule has 3 rings (SSSR count). The summed E-state index contributed by atoms with van der Waals surface area (Å²) in [6, 6.07) is 2.15. The lowest BCUT2D eigenvalue weighted by molar-refractivity contribution is -0.154. The van der Waals surface area contributed by atoms with Crippen LogP contribution in [0.15, 0.2) is 35.6 Å². The predicted molar refractivity (Wildman–Crippen MR) is 107 cm³/mol. The molecule has 35 heavy (non-hydrogen) atoms. The quantitative estimate of drug-likeness (QED) is 0.574. The van der Waals surface area contributed by atoms with E-state index in [4.69, 9.17) is 5.73 Å². The van der Waals surface area contributed by atoms with Gasteiger partial charge in [0.1, 0.15) is 17.1 Å². The molecule has 3 atom stereocenters. The van der Waals surface area contributed by atoms with Crippen molar-refractivity contribution in [1.82, 2.24) is 9.97 Å². The van der Waals surface area contributed by atoms with Crippen LogP contribution >= 0.6 is 0 Å². The average molecular weight is 509 g/mol. The van der Waals surface area contributed by atoms with Crippen molar-refractivity contribution < 1.29 is 45.0 Å². The van der Waals surface area contributed by atoms with E-state index in [1.165, 1.54) is 0 Å². The molecule has 2 aromatic rings. The SMILES string of the molecule is CC(F)(F)[C@H]1OC(N)=N[C@](C)(c2cc(NC(=O)c3cnc(OCC(F)(F)F)cn3)ccc2F)[C@H]1F. The van der Waals surface area contributed by atoms with Crippen LogP contribution in [0.25, 0.3) is 0 Å². The molecular formula is C20H18F7N5O3. The van der Waals surface area contributed by atoms with Crippen LogP contribution in [0.3, 0.4) is 0 Å². The van der Waals surface area contributed by atoms with Gasteiger partial charge < -0.3 is 20.5 Å². The van der Waals surface area contributed by atoms with Crippen LogP contribution in [0.2, 0.25) is 0 Å². The Hall–Kier alpha value is -3.65. The Kier molecular flexibility index (Phi) is 6.81. The van der Waals surface area contributed by atoms with E-state index in [-0.39, 0.29) is 11.4 Å². The number of hydrogen-bond acceptors (Lipinski definition) is 7. The number of aromatic nitrogens is 2. The minimum absolute atomic E-state index is 0.0981. The summed E-state index contributed by atoms with van der Waals surface area (Å²) in [5.41, 5.74) is 2.28. The Balaban J connectivity index is 1.83. The van der Waals surface area contributed by atoms with E-state index in [0.29, 0.717) is 6.92 Å². The summed E-state index contributed by atoms with van der Waals surface area (Å²) in [6.07, 6.45) is -7.85. The zero-order chi connectivity index (χ0) is 26.2. The molecular weight excluding hydrogens is 491 g/mol. The summed E-state index contributed by atoms with van der Waals surface area (Å²) in [4.78, 5) is 23.3. The highest BCUT2D eigenvalue weighted by molar-refractivity contribution is 6.02. The summed E-state index contributed by atoms with van der Waals surface area (Å²) in [7, 11) is 0. The monoisotopic (exact) mass is 509 g/mol. The lowest BCUT2D eigenvalue weighted by Gasteiger charge is -2.40. The molecule has 1 aliphatic heterocycles. The number of amides is 1. The van der Waals surface area contributed by atoms with Crippen molar-refractivity contribution in [2.45, 2.75) is 43.8 Å². The standard InChI is InChI=1S/C20H18F7N5O3/c1-18(14(22)15(19(2,23)24)35-17(28)32-18)10-5-9(3-4-11(10)21)31-16(33)12-6-30-13(7-29-12)34-8-20(25,26)27/h3-7,14-15H,8H2,1-2H3,(H2,28,32)(H,31,33)/t14-,15-,18+/m0/s1. The van der Waals surface area contributed by atoms with Crippen LogP contribution in [-0.4, -0.2) is 52.9 Å². The largest absolute Gasteiger partial charge is 0.467 e. The highest BCUT2D eigenvalue weighted by Crippen LogP contribution is 2.42. The van der Waals surface area contributed by atoms with Crippen molar-refractivity contribution in [2.75, 3.05) is 11.9 Å². The fourth-order valence-corrected chi connectivity index (χ4v) is 3.22. The van der Waals surface area contributed by atoms with Gasteiger partial charge in [0.2, 0.25) is 5.88 Å². The van der Waals surface area contributed by atoms with Gasteiger partial charge in [0.05, 0.1) is 12.4 Å². The number of aliphatic imine (C=N–C) groups is 1. The van der Waals surface area contributed by atoms with E-state index in [0.717, 1.165) is 37.5 Å². The topological polar surface area (TPSA) is 112 Å². The van der Waals surface area contributed by atoms with Gasteiger partial charge in [0.25, 0.3) is 17.9 Å². The highest BCUT2D eigenvalue weighted by Gasteiger charge is 2.55. The molecule has 8 nitrogen and oxygen atoms in total. The average Bonchev–Trinajstić information content (AvgIpc) is 2.75. The highest BCUT2D eigenvalue weighted by atomic mass is 19.4. The summed E-state index contributed by atoms with van der Waals surface area (Å²) < 4.78 is 103. The van der Waals surface area contributed by atoms with Gasteiger partial charge in [0.15, 0.2) is 18.9 Å². The number of nitrogens with zero attached hydrogens (tertiary/aromatic N) is 3. The smallest absolute Gasteiger partial charge is 0.422 e. The van der Waals surface area contributed by atoms with Gasteiger partial charge >= 0.3 is 6.18 Å². The maximum atomic E-state index is 15.1. The third-order valence-electron chi connectivity index (χ3n) is 4.91. The van der Waals surface area contributed by atoms with E-state index >= 15 is 4.39 Å². The second-order valence-corrected chi connectivity index (χ2v) is 7.79. The second kappa shape index (κ2) is 9.19. The van der Waals surface area contributed by atoms with Crippen LogP contribution in [0.5, 0.6) is 5.88 Å². The Morgan fingerprint density at radius 1 is 1.23 bits per heavy atom. The zero-order valence-corrected chi connectivity index (χ0v) is 18.0. The Labute approximate surface area is 193 Å². The maximum Gasteiger partial charge on any atom is 0.422 e. The molecule has 0 unspecified atom stereocenters. The molecule has 1 aliphatic rings. The van der Waals surface area contributed by atoms with E-state index in [1.54, 1.807) is 0 Å². The molecule has 1 aromatic carbocycles. The molecule has 0 fully saturated rings. The lowest BCUT2D eigenvalue weighted by atomic mass is 9.82. The number of hydrogen-bond donors (Lipinski definition) is 2. The molecule has 3 N–H and O–H groups in total. The first-order valence-corrected chi connectivity index (χ1v) is 9.77. The van der Waals surface area contributed by atoms with Crippen molar-refractivity contribution >= 4 is 17.6 Å². The molecule has 0 saturated heterocycles. The van der Waals surface area contributed by atoms with Gasteiger partial charge in [-0.25, -0.2) is 32.5 Å². The normalized spacial score (nSPS) is 22.7. The number of benzene rings is 1. The third-order valence-corrected chi connectivity index (χ3v) is 4.91. The van der Waals surface area contributed by atoms with Crippen molar-refractivity contribution in [3.8, 4) is 5.88 Å². The van der Waals surface area contributed by atoms with E-state index in [1.807, 2.05) is 0 Å². The molecule has 0 radical (unpaired) electrons. The molecule has 190 valence electrons. The Bertz CT molecular complexity index is 1120. The minimum Gasteiger partial charge on any atom is -0.467 e. The van der Waals surface area contributed by atoms with Gasteiger partial charge in [-0.1, -0.05) is 0 Å². The lowest BCUT2D eigenvalue weighted by Crippen LogP contribution is -2.55. The second-order valence-electron chi connectivity index (χ2n) is 7.79. The number of nitrogens with two attached hydrogens (primary N) is 1. The number of alkyl halides is 6. The van der Waals surface area contributed by atoms with Crippen molar-refractivity contribution in [1.29, 1.82) is 0 Å². The number of ether oxygens (including phenoxy) is 2. The van der Waals surface area contributed by atoms with Crippen LogP contribution in [-0.2, 0) is 10.3 Å². The fourth-order valence-electron chi connectivity index (χ4n) is 3.22. The summed E-state index contributed by atoms with van der Waals surface area (Å²) in [5.74, 6) is -6.09. The van der Waals surface area contributed by atoms with E-state index in [2.05, 4.69) is 29.8 Å². The van der Waals surface area contributed by atoms with Crippen molar-refractivity contribution in [3.63, 3.8) is 0 Å². The van der Waals surface area contributed by atoms with Crippen molar-refractivity contribution in [2.24, 2.45) is 10.7 Å². The van der Waals surface area contributed by atoms with Crippen LogP contribution < -0.4 is 15.8 Å². The number of halogens is 7. The first kappa shape index (κ1) is 26.0. The van der Waals surface area contributed by atoms with Gasteiger partial charge in [-0.3, -0.25) is 4.79 Å². The first-order valence-electron chi connectivity index (χ1n) is 9.77. The zero-order valence-electron chi connectivity index (χ0n) is 18.0. The molecule has 0 bridgehead atoms. The molecule has 1 aromatic heterocycles. The number of nitrogens with one attached hydrogen (secondary N) is 1. The Morgan fingerprint density at radius 2 is 1.91 bits per heavy atom. The van der Waals surface area contributed by atoms with Crippen LogP contribution in [0, 0.1) is 5.82 Å². The van der Waals surface area contributed by atoms with Gasteiger partial charge in [-0.05, 0) is 25.1 Å². The van der Waals surface area contributed by atoms with Gasteiger partial charge in [-0.2, -0.15) is 13.2 Å². The van der Waals surface area contributed by atoms with Gasteiger partial charge in [-0.15, -0.1) is 0 Å². The number of carbonyl (C=O) groups is 1. The van der Waals surface area contributed by atoms with Crippen molar-refractivity contribution in [3.05, 3.63) is 47.7 Å². The van der Waals surface area contributed by atoms with Crippen LogP contribution in [0.1, 0.15) is 29.9 Å². The molecule has 0 aliphatic carbocycles. The third kappa shape index (κ3) is 5.89. The number of rotatable bonds is 6. The molecule has 1 amide bonds. The number of carbonyl (C=O) groups excluding carboxylic acids is 1. The fraction of sp³-hybridized carbons (Fsp3) is 0.400. The number of anilines is 1. The molecule has 0 saturated carbocycles. The maximum absolute atomic E-state index is 15.1. The first-order chi connectivity index (χ1) is 16.1. The predicted octanol–water partition coefficient (Wildman–Crippen LogP) is 3.73. The van der Waals surface area contributed by atoms with Gasteiger partial charge in [0, 0.05) is 18.2 Å². The molecule has 15 heteroatoms. The Morgan fingerprint density at radius 3 is 2.49 bits per heavy atom. The van der Waals surface area contributed by atoms with E-state index in [9.17, 15) is 31.1 Å². The van der Waals surface area contributed by atoms with Crippen LogP contribution in [0.4, 0.5) is 36.4 Å². The molecule has 0 spiro atoms. The number of amidine groups is 1.